The molecule has 0 radical (unpaired) electrons. The molecule has 2 aliphatic heterocycles. The number of piperidine rings is 1. The van der Waals surface area contributed by atoms with Crippen molar-refractivity contribution in [3.8, 4) is 0 Å². The first-order valence-corrected chi connectivity index (χ1v) is 9.62. The first-order valence-electron chi connectivity index (χ1n) is 9.62. The highest BCUT2D eigenvalue weighted by Crippen LogP contribution is 2.32. The summed E-state index contributed by atoms with van der Waals surface area (Å²) < 4.78 is 11.5. The van der Waals surface area contributed by atoms with Crippen molar-refractivity contribution < 1.29 is 14.3 Å². The summed E-state index contributed by atoms with van der Waals surface area (Å²) in [5, 5.41) is 2.91. The van der Waals surface area contributed by atoms with Crippen LogP contribution in [-0.4, -0.2) is 57.1 Å². The Morgan fingerprint density at radius 3 is 2.32 bits per heavy atom. The Kier molecular flexibility index (Phi) is 5.19. The minimum absolute atomic E-state index is 0.165. The lowest BCUT2D eigenvalue weighted by molar-refractivity contribution is -0.169. The third-order valence-electron chi connectivity index (χ3n) is 5.31. The fraction of sp³-hybridized carbons (Fsp3) is 0.429. The minimum Gasteiger partial charge on any atom is -0.378 e. The summed E-state index contributed by atoms with van der Waals surface area (Å²) in [6.07, 6.45) is 3.30. The number of carbonyl (C=O) groups excluding carboxylic acids is 1. The molecule has 2 saturated heterocycles. The van der Waals surface area contributed by atoms with Gasteiger partial charge in [0.15, 0.2) is 5.79 Å². The molecule has 2 aromatic rings. The number of benzene rings is 1. The van der Waals surface area contributed by atoms with Gasteiger partial charge in [-0.05, 0) is 36.4 Å². The number of carbonyl (C=O) groups is 1. The van der Waals surface area contributed by atoms with E-state index >= 15 is 0 Å². The Morgan fingerprint density at radius 1 is 1.07 bits per heavy atom. The normalized spacial score (nSPS) is 18.3. The number of ether oxygens (including phenoxy) is 2. The highest BCUT2D eigenvalue weighted by atomic mass is 16.7. The van der Waals surface area contributed by atoms with E-state index in [2.05, 4.69) is 15.2 Å². The zero-order chi connectivity index (χ0) is 19.6. The highest BCUT2D eigenvalue weighted by molar-refractivity contribution is 6.04. The topological polar surface area (TPSA) is 66.9 Å². The zero-order valence-electron chi connectivity index (χ0n) is 16.4. The molecule has 0 aliphatic carbocycles. The molecule has 1 N–H and O–H groups in total. The predicted molar refractivity (Wildman–Crippen MR) is 109 cm³/mol. The average molecular weight is 382 g/mol. The zero-order valence-corrected chi connectivity index (χ0v) is 16.4. The Bertz CT molecular complexity index is 805. The molecule has 1 amide bonds. The molecule has 28 heavy (non-hydrogen) atoms. The van der Waals surface area contributed by atoms with Gasteiger partial charge in [0, 0.05) is 57.6 Å². The fourth-order valence-electron chi connectivity index (χ4n) is 3.62. The molecule has 0 bridgehead atoms. The molecule has 3 heterocycles. The fourth-order valence-corrected chi connectivity index (χ4v) is 3.62. The van der Waals surface area contributed by atoms with Crippen molar-refractivity contribution in [2.45, 2.75) is 18.6 Å². The van der Waals surface area contributed by atoms with Crippen LogP contribution in [0.5, 0.6) is 0 Å². The van der Waals surface area contributed by atoms with Crippen molar-refractivity contribution in [1.29, 1.82) is 0 Å². The van der Waals surface area contributed by atoms with E-state index in [1.54, 1.807) is 6.20 Å². The largest absolute Gasteiger partial charge is 0.378 e. The molecule has 2 aliphatic rings. The first-order chi connectivity index (χ1) is 13.5. The Morgan fingerprint density at radius 2 is 1.75 bits per heavy atom. The van der Waals surface area contributed by atoms with Crippen molar-refractivity contribution >= 4 is 23.1 Å². The third-order valence-corrected chi connectivity index (χ3v) is 5.31. The van der Waals surface area contributed by atoms with Gasteiger partial charge in [-0.2, -0.15) is 0 Å². The van der Waals surface area contributed by atoms with E-state index in [0.717, 1.165) is 43.1 Å². The number of anilines is 3. The first kappa shape index (κ1) is 18.7. The van der Waals surface area contributed by atoms with Gasteiger partial charge in [0.1, 0.15) is 5.82 Å². The van der Waals surface area contributed by atoms with Gasteiger partial charge in [-0.25, -0.2) is 4.98 Å². The summed E-state index contributed by atoms with van der Waals surface area (Å²) >= 11 is 0. The second-order valence-corrected chi connectivity index (χ2v) is 7.40. The summed E-state index contributed by atoms with van der Waals surface area (Å²) in [6, 6.07) is 11.4. The van der Waals surface area contributed by atoms with Crippen molar-refractivity contribution in [1.82, 2.24) is 4.98 Å². The Labute approximate surface area is 165 Å². The Hall–Kier alpha value is -2.64. The maximum atomic E-state index is 12.5. The van der Waals surface area contributed by atoms with Crippen molar-refractivity contribution in [3.63, 3.8) is 0 Å². The number of pyridine rings is 1. The second-order valence-electron chi connectivity index (χ2n) is 7.40. The van der Waals surface area contributed by atoms with Gasteiger partial charge in [0.05, 0.1) is 18.8 Å². The van der Waals surface area contributed by atoms with Crippen molar-refractivity contribution in [3.05, 3.63) is 48.2 Å². The van der Waals surface area contributed by atoms with E-state index in [-0.39, 0.29) is 5.91 Å². The molecular weight excluding hydrogens is 356 g/mol. The molecule has 2 fully saturated rings. The highest BCUT2D eigenvalue weighted by Gasteiger charge is 2.40. The summed E-state index contributed by atoms with van der Waals surface area (Å²) in [4.78, 5) is 21.2. The number of rotatable bonds is 4. The summed E-state index contributed by atoms with van der Waals surface area (Å²) in [5.74, 6) is 0.320. The molecule has 4 rings (SSSR count). The molecule has 148 valence electrons. The third kappa shape index (κ3) is 3.95. The van der Waals surface area contributed by atoms with Gasteiger partial charge >= 0.3 is 0 Å². The van der Waals surface area contributed by atoms with Crippen LogP contribution in [0.25, 0.3) is 0 Å². The SMILES string of the molecule is CN(C)c1ccc(NC(=O)c2ccc(N3CCC4(CC3)OCCO4)nc2)cc1. The monoisotopic (exact) mass is 382 g/mol. The summed E-state index contributed by atoms with van der Waals surface area (Å²) in [5.41, 5.74) is 2.38. The lowest BCUT2D eigenvalue weighted by Crippen LogP contribution is -2.45. The average Bonchev–Trinajstić information content (AvgIpc) is 3.17. The van der Waals surface area contributed by atoms with Crippen LogP contribution < -0.4 is 15.1 Å². The van der Waals surface area contributed by atoms with Crippen LogP contribution in [0.1, 0.15) is 23.2 Å². The van der Waals surface area contributed by atoms with E-state index < -0.39 is 5.79 Å². The Balaban J connectivity index is 1.35. The van der Waals surface area contributed by atoms with Crippen molar-refractivity contribution in [2.24, 2.45) is 0 Å². The molecule has 0 saturated carbocycles. The van der Waals surface area contributed by atoms with Gasteiger partial charge < -0.3 is 24.6 Å². The lowest BCUT2D eigenvalue weighted by atomic mass is 10.0. The molecule has 1 spiro atoms. The number of nitrogens with one attached hydrogen (secondary N) is 1. The van der Waals surface area contributed by atoms with Crippen molar-refractivity contribution in [2.75, 3.05) is 55.5 Å². The van der Waals surface area contributed by atoms with Crippen LogP contribution in [0.4, 0.5) is 17.2 Å². The molecule has 1 aromatic carbocycles. The molecule has 7 nitrogen and oxygen atoms in total. The number of amides is 1. The van der Waals surface area contributed by atoms with Crippen LogP contribution in [-0.2, 0) is 9.47 Å². The van der Waals surface area contributed by atoms with Gasteiger partial charge in [-0.3, -0.25) is 4.79 Å². The lowest BCUT2D eigenvalue weighted by Gasteiger charge is -2.38. The van der Waals surface area contributed by atoms with Crippen LogP contribution in [0.3, 0.4) is 0 Å². The van der Waals surface area contributed by atoms with Gasteiger partial charge in [0.2, 0.25) is 0 Å². The van der Waals surface area contributed by atoms with Gasteiger partial charge in [-0.15, -0.1) is 0 Å². The molecular formula is C21H26N4O3. The van der Waals surface area contributed by atoms with Gasteiger partial charge in [0.25, 0.3) is 5.91 Å². The molecule has 1 aromatic heterocycles. The van der Waals surface area contributed by atoms with E-state index in [1.165, 1.54) is 0 Å². The maximum Gasteiger partial charge on any atom is 0.257 e. The van der Waals surface area contributed by atoms with Crippen LogP contribution in [0.15, 0.2) is 42.6 Å². The maximum absolute atomic E-state index is 12.5. The molecule has 0 unspecified atom stereocenters. The number of hydrogen-bond acceptors (Lipinski definition) is 6. The van der Waals surface area contributed by atoms with E-state index in [1.807, 2.05) is 55.4 Å². The standard InChI is InChI=1S/C21H26N4O3/c1-24(2)18-6-4-17(5-7-18)23-20(26)16-3-8-19(22-15-16)25-11-9-21(10-12-25)27-13-14-28-21/h3-8,15H,9-14H2,1-2H3,(H,23,26). The van der Waals surface area contributed by atoms with Crippen LogP contribution in [0, 0.1) is 0 Å². The summed E-state index contributed by atoms with van der Waals surface area (Å²) in [7, 11) is 3.97. The molecule has 7 heteroatoms. The van der Waals surface area contributed by atoms with Gasteiger partial charge in [-0.1, -0.05) is 0 Å². The van der Waals surface area contributed by atoms with E-state index in [0.29, 0.717) is 18.8 Å². The molecule has 0 atom stereocenters. The number of aromatic nitrogens is 1. The smallest absolute Gasteiger partial charge is 0.257 e. The number of nitrogens with zero attached hydrogens (tertiary/aromatic N) is 3. The summed E-state index contributed by atoms with van der Waals surface area (Å²) in [6.45, 7) is 3.02. The number of hydrogen-bond donors (Lipinski definition) is 1. The minimum atomic E-state index is -0.390. The van der Waals surface area contributed by atoms with Crippen LogP contribution >= 0.6 is 0 Å². The van der Waals surface area contributed by atoms with Crippen LogP contribution in [0.2, 0.25) is 0 Å². The second kappa shape index (κ2) is 7.77. The predicted octanol–water partition coefficient (Wildman–Crippen LogP) is 2.74. The van der Waals surface area contributed by atoms with E-state index in [4.69, 9.17) is 9.47 Å². The quantitative estimate of drug-likeness (QED) is 0.877. The van der Waals surface area contributed by atoms with E-state index in [9.17, 15) is 4.79 Å².